The van der Waals surface area contributed by atoms with Gasteiger partial charge in [0, 0.05) is 77.9 Å². The van der Waals surface area contributed by atoms with Crippen LogP contribution >= 0.6 is 0 Å². The Morgan fingerprint density at radius 1 is 0.295 bits per heavy atom. The molecule has 0 radical (unpaired) electrons. The third kappa shape index (κ3) is 9.41. The van der Waals surface area contributed by atoms with E-state index in [1.165, 1.54) is 0 Å². The first kappa shape index (κ1) is 51.6. The number of benzene rings is 13. The van der Waals surface area contributed by atoms with Crippen molar-refractivity contribution in [3.05, 3.63) is 308 Å². The van der Waals surface area contributed by atoms with E-state index in [4.69, 9.17) is 0 Å². The molecule has 13 aromatic carbocycles. The van der Waals surface area contributed by atoms with Crippen LogP contribution in [0, 0.1) is 0 Å². The zero-order valence-corrected chi connectivity index (χ0v) is 55.1. The van der Waals surface area contributed by atoms with Crippen LogP contribution in [0.2, 0.25) is 0 Å². The lowest BCUT2D eigenvalue weighted by Crippen LogP contribution is -2.61. The molecule has 2 aliphatic heterocycles. The van der Waals surface area contributed by atoms with Crippen molar-refractivity contribution in [2.75, 3.05) is 9.80 Å². The van der Waals surface area contributed by atoms with E-state index in [2.05, 4.69) is 230 Å². The lowest BCUT2D eigenvalue weighted by Gasteiger charge is -2.47. The van der Waals surface area contributed by atoms with Crippen LogP contribution in [0.15, 0.2) is 291 Å². The summed E-state index contributed by atoms with van der Waals surface area (Å²) < 4.78 is 71.6. The van der Waals surface area contributed by atoms with Gasteiger partial charge in [-0.05, 0) is 156 Å². The quantitative estimate of drug-likeness (QED) is 0.141. The highest BCUT2D eigenvalue weighted by atomic mass is 15.2. The number of para-hydroxylation sites is 4. The Morgan fingerprint density at radius 3 is 0.842 bits per heavy atom. The van der Waals surface area contributed by atoms with E-state index < -0.39 is 12.1 Å². The van der Waals surface area contributed by atoms with Crippen LogP contribution in [-0.4, -0.2) is 15.8 Å². The second-order valence-corrected chi connectivity index (χ2v) is 28.8. The van der Waals surface area contributed by atoms with Gasteiger partial charge < -0.3 is 18.9 Å². The van der Waals surface area contributed by atoms with E-state index in [9.17, 15) is 8.22 Å². The maximum Gasteiger partial charge on any atom is 0.252 e. The molecule has 0 N–H and O–H groups in total. The highest BCUT2D eigenvalue weighted by Gasteiger charge is 2.47. The molecule has 0 unspecified atom stereocenters. The Balaban J connectivity index is 1.13. The van der Waals surface area contributed by atoms with E-state index >= 15 is 0 Å². The molecule has 458 valence electrons. The molecular formula is C90H75BN4. The Bertz CT molecular complexity index is 5340. The topological polar surface area (TPSA) is 16.3 Å². The van der Waals surface area contributed by atoms with Crippen molar-refractivity contribution in [1.82, 2.24) is 9.13 Å². The van der Waals surface area contributed by atoms with E-state index in [1.54, 1.807) is 0 Å². The van der Waals surface area contributed by atoms with Crippen LogP contribution in [0.4, 0.5) is 34.1 Å². The zero-order valence-electron chi connectivity index (χ0n) is 61.1. The van der Waals surface area contributed by atoms with Crippen LogP contribution in [0.5, 0.6) is 0 Å². The first-order valence-corrected chi connectivity index (χ1v) is 33.2. The van der Waals surface area contributed by atoms with Crippen molar-refractivity contribution < 1.29 is 8.22 Å². The maximum atomic E-state index is 11.6. The van der Waals surface area contributed by atoms with Gasteiger partial charge in [-0.25, -0.2) is 0 Å². The average Bonchev–Trinajstić information content (AvgIpc) is 0.795. The fraction of sp³-hybridized carbons (Fsp3) is 0.133. The number of aromatic nitrogens is 2. The van der Waals surface area contributed by atoms with Crippen LogP contribution in [0.3, 0.4) is 0 Å². The van der Waals surface area contributed by atoms with Crippen LogP contribution < -0.4 is 26.2 Å². The van der Waals surface area contributed by atoms with Crippen molar-refractivity contribution in [3.8, 4) is 55.9 Å². The van der Waals surface area contributed by atoms with Gasteiger partial charge in [-0.3, -0.25) is 0 Å². The molecule has 0 amide bonds. The minimum absolute atomic E-state index is 0.0175. The molecule has 4 nitrogen and oxygen atoms in total. The van der Waals surface area contributed by atoms with Gasteiger partial charge in [0.15, 0.2) is 0 Å². The number of rotatable bonds is 8. The summed E-state index contributed by atoms with van der Waals surface area (Å²) in [6.07, 6.45) is 0. The minimum Gasteiger partial charge on any atom is -0.310 e. The van der Waals surface area contributed by atoms with Crippen molar-refractivity contribution in [3.63, 3.8) is 0 Å². The molecule has 0 aliphatic carbocycles. The molecule has 0 spiro atoms. The Hall–Kier alpha value is -10.9. The average molecular weight is 1230 g/mol. The lowest BCUT2D eigenvalue weighted by molar-refractivity contribution is 0.590. The molecular weight excluding hydrogens is 1150 g/mol. The molecule has 2 aliphatic rings. The molecule has 0 saturated heterocycles. The second kappa shape index (κ2) is 21.9. The van der Waals surface area contributed by atoms with Gasteiger partial charge in [-0.15, -0.1) is 0 Å². The molecule has 0 saturated carbocycles. The third-order valence-electron chi connectivity index (χ3n) is 19.8. The van der Waals surface area contributed by atoms with Crippen molar-refractivity contribution in [1.29, 1.82) is 0 Å². The molecule has 0 bridgehead atoms. The summed E-state index contributed by atoms with van der Waals surface area (Å²) in [6, 6.07) is 87.9. The van der Waals surface area contributed by atoms with Crippen molar-refractivity contribution in [2.45, 2.75) is 78.6 Å². The molecule has 5 heteroatoms. The summed E-state index contributed by atoms with van der Waals surface area (Å²) in [5.41, 5.74) is 18.1. The maximum absolute atomic E-state index is 11.6. The fourth-order valence-electron chi connectivity index (χ4n) is 14.9. The van der Waals surface area contributed by atoms with Gasteiger partial charge in [0.2, 0.25) is 0 Å². The highest BCUT2D eigenvalue weighted by molar-refractivity contribution is 7.00. The molecule has 0 atom stereocenters. The number of fused-ring (bicyclic) bond motifs is 10. The van der Waals surface area contributed by atoms with Gasteiger partial charge in [-0.2, -0.15) is 0 Å². The molecule has 17 rings (SSSR count). The predicted molar refractivity (Wildman–Crippen MR) is 407 cm³/mol. The summed E-state index contributed by atoms with van der Waals surface area (Å²) >= 11 is 0. The first-order chi connectivity index (χ1) is 48.6. The van der Waals surface area contributed by atoms with Crippen LogP contribution in [0.1, 0.15) is 87.2 Å². The second-order valence-electron chi connectivity index (χ2n) is 28.8. The Morgan fingerprint density at radius 2 is 0.558 bits per heavy atom. The molecule has 4 heterocycles. The number of hydrogen-bond donors (Lipinski definition) is 0. The summed E-state index contributed by atoms with van der Waals surface area (Å²) in [6.45, 7) is 19.1. The minimum atomic E-state index is -1.10. The van der Waals surface area contributed by atoms with E-state index in [-0.39, 0.29) is 58.5 Å². The van der Waals surface area contributed by atoms with Gasteiger partial charge in [-0.1, -0.05) is 269 Å². The van der Waals surface area contributed by atoms with E-state index in [0.717, 1.165) is 133 Å². The summed E-state index contributed by atoms with van der Waals surface area (Å²) in [5.74, 6) is 0. The van der Waals surface area contributed by atoms with E-state index in [0.29, 0.717) is 22.3 Å². The SMILES string of the molecule is [2H]c1c([2H])c(-n2c3ccccc3c3ccccc32)c([2H])c2c1B1c3c(cc(C(C)(C)C)cc3N(c3c(-c4ccccc4)cc(C(C)(C)C)cc3-c3ccccc3)c3c([2H])c(-n4c5ccccc5c5ccccc54)c([2H])c([2H])c31)N2c1c(-c2ccccc2)cc(C(C)(C)C)cc1-c1ccccc1. The molecule has 15 aromatic rings. The summed E-state index contributed by atoms with van der Waals surface area (Å²) in [4.78, 5) is 4.55. The number of nitrogens with zero attached hydrogens (tertiary/aromatic N) is 4. The third-order valence-corrected chi connectivity index (χ3v) is 19.8. The van der Waals surface area contributed by atoms with Crippen molar-refractivity contribution >= 4 is 101 Å². The summed E-state index contributed by atoms with van der Waals surface area (Å²) in [5, 5.41) is 3.81. The van der Waals surface area contributed by atoms with Gasteiger partial charge in [0.25, 0.3) is 6.71 Å². The zero-order chi connectivity index (χ0) is 69.9. The van der Waals surface area contributed by atoms with Crippen LogP contribution in [0.25, 0.3) is 99.5 Å². The number of anilines is 6. The van der Waals surface area contributed by atoms with Crippen LogP contribution in [-0.2, 0) is 16.2 Å². The van der Waals surface area contributed by atoms with Crippen molar-refractivity contribution in [2.24, 2.45) is 0 Å². The van der Waals surface area contributed by atoms with Gasteiger partial charge in [0.05, 0.1) is 41.7 Å². The molecule has 0 fully saturated rings. The predicted octanol–water partition coefficient (Wildman–Crippen LogP) is 22.5. The Kier molecular flexibility index (Phi) is 11.9. The highest BCUT2D eigenvalue weighted by Crippen LogP contribution is 2.56. The molecule has 95 heavy (non-hydrogen) atoms. The standard InChI is InChI=1S/C90H75BN4/c1-88(2,3)62-50-71(58-30-14-10-15-31-58)86(72(51-62)59-32-16-11-17-33-59)94-81-56-65(92-77-42-26-22-38-67(77)68-39-23-27-43-78(68)92)46-48-75(81)91-76-49-47-66(93-79-44-28-24-40-69(79)70-41-25-29-45-80(70)93)57-82(76)95(84-55-64(90(7,8)9)54-83(94)85(84)91)87-73(60-34-18-12-19-35-60)52-63(89(4,5)6)53-74(87)61-36-20-13-21-37-61/h10-57H,1-9H3/i46D,47D,48D,49D,56D,57D. The number of hydrogen-bond acceptors (Lipinski definition) is 2. The van der Waals surface area contributed by atoms with Gasteiger partial charge >= 0.3 is 0 Å². The van der Waals surface area contributed by atoms with Gasteiger partial charge in [0.1, 0.15) is 0 Å². The fourth-order valence-corrected chi connectivity index (χ4v) is 14.9. The van der Waals surface area contributed by atoms with E-state index in [1.807, 2.05) is 106 Å². The smallest absolute Gasteiger partial charge is 0.252 e. The largest absolute Gasteiger partial charge is 0.310 e. The summed E-state index contributed by atoms with van der Waals surface area (Å²) in [7, 11) is 0. The normalized spacial score (nSPS) is 13.9. The lowest BCUT2D eigenvalue weighted by atomic mass is 9.33. The first-order valence-electron chi connectivity index (χ1n) is 36.2. The Labute approximate surface area is 567 Å². The molecule has 2 aromatic heterocycles. The monoisotopic (exact) mass is 1230 g/mol.